The summed E-state index contributed by atoms with van der Waals surface area (Å²) in [6.45, 7) is 2.47. The molecule has 37 heavy (non-hydrogen) atoms. The van der Waals surface area contributed by atoms with Gasteiger partial charge in [-0.1, -0.05) is 23.7 Å². The van der Waals surface area contributed by atoms with Crippen molar-refractivity contribution in [2.75, 3.05) is 20.1 Å². The number of benzene rings is 1. The molecule has 1 aliphatic rings. The van der Waals surface area contributed by atoms with Crippen LogP contribution in [0.4, 0.5) is 13.2 Å². The number of Topliss-reactive ketones (excluding diaryl/α,β-unsaturated/α-hetero) is 1. The van der Waals surface area contributed by atoms with E-state index < -0.39 is 18.1 Å². The van der Waals surface area contributed by atoms with Crippen molar-refractivity contribution in [2.45, 2.75) is 44.8 Å². The first-order valence-corrected chi connectivity index (χ1v) is 12.4. The molecular weight excluding hydrogens is 535 g/mol. The minimum atomic E-state index is -5.08. The molecule has 5 N–H and O–H groups in total. The average Bonchev–Trinajstić information content (AvgIpc) is 3.11. The number of primary amides is 2. The van der Waals surface area contributed by atoms with E-state index in [-0.39, 0.29) is 18.1 Å². The molecule has 0 saturated carbocycles. The van der Waals surface area contributed by atoms with Crippen LogP contribution in [0.5, 0.6) is 0 Å². The van der Waals surface area contributed by atoms with E-state index in [1.165, 1.54) is 11.3 Å². The molecule has 1 aromatic carbocycles. The fraction of sp³-hybridized carbons (Fsp3) is 0.417. The molecule has 1 aromatic heterocycles. The van der Waals surface area contributed by atoms with Crippen molar-refractivity contribution in [2.24, 2.45) is 11.5 Å². The van der Waals surface area contributed by atoms with Crippen LogP contribution in [0.2, 0.25) is 5.02 Å². The van der Waals surface area contributed by atoms with Gasteiger partial charge in [0, 0.05) is 42.0 Å². The number of carbonyl (C=O) groups is 4. The molecule has 0 saturated heterocycles. The normalized spacial score (nSPS) is 16.8. The van der Waals surface area contributed by atoms with Gasteiger partial charge in [0.25, 0.3) is 0 Å². The Hall–Kier alpha value is -2.96. The number of amides is 2. The highest BCUT2D eigenvalue weighted by molar-refractivity contribution is 7.12. The van der Waals surface area contributed by atoms with Crippen molar-refractivity contribution < 1.29 is 41.9 Å². The van der Waals surface area contributed by atoms with E-state index in [1.54, 1.807) is 12.1 Å². The third-order valence-electron chi connectivity index (χ3n) is 5.87. The zero-order chi connectivity index (χ0) is 28.0. The van der Waals surface area contributed by atoms with Crippen LogP contribution in [0.1, 0.15) is 44.1 Å². The van der Waals surface area contributed by atoms with Gasteiger partial charge in [-0.25, -0.2) is 4.79 Å². The molecule has 3 rings (SSSR count). The molecule has 13 heteroatoms. The van der Waals surface area contributed by atoms with Crippen molar-refractivity contribution in [3.63, 3.8) is 0 Å². The number of thiophene rings is 1. The van der Waals surface area contributed by atoms with Crippen LogP contribution >= 0.6 is 22.9 Å². The number of hydrogen-bond donors (Lipinski definition) is 3. The van der Waals surface area contributed by atoms with E-state index in [9.17, 15) is 27.6 Å². The van der Waals surface area contributed by atoms with E-state index in [0.717, 1.165) is 57.8 Å². The first kappa shape index (κ1) is 30.3. The topological polar surface area (TPSA) is 141 Å². The SMILES string of the molecule is C[N+]1(CCCC(N)=O)CCc2c(sc(CC(=O)Cc3ccc(Cl)cc3)c2C(N)=O)C1.O=C(O)C(F)(F)F. The zero-order valence-electron chi connectivity index (χ0n) is 20.1. The Labute approximate surface area is 220 Å². The molecule has 2 amide bonds. The molecule has 0 aliphatic carbocycles. The van der Waals surface area contributed by atoms with Crippen molar-refractivity contribution >= 4 is 46.5 Å². The van der Waals surface area contributed by atoms with Crippen LogP contribution in [-0.4, -0.2) is 59.5 Å². The lowest BCUT2D eigenvalue weighted by molar-refractivity contribution is -0.924. The second-order valence-corrected chi connectivity index (χ2v) is 10.7. The number of alkyl halides is 3. The zero-order valence-corrected chi connectivity index (χ0v) is 21.6. The summed E-state index contributed by atoms with van der Waals surface area (Å²) < 4.78 is 32.5. The summed E-state index contributed by atoms with van der Waals surface area (Å²) in [5.74, 6) is -3.47. The summed E-state index contributed by atoms with van der Waals surface area (Å²) in [5, 5.41) is 7.75. The van der Waals surface area contributed by atoms with Crippen LogP contribution < -0.4 is 11.5 Å². The van der Waals surface area contributed by atoms with Crippen LogP contribution in [0.25, 0.3) is 0 Å². The van der Waals surface area contributed by atoms with Gasteiger partial charge in [0.15, 0.2) is 0 Å². The van der Waals surface area contributed by atoms with Crippen molar-refractivity contribution in [1.29, 1.82) is 0 Å². The first-order valence-electron chi connectivity index (χ1n) is 11.2. The molecule has 2 heterocycles. The van der Waals surface area contributed by atoms with Crippen LogP contribution in [0.3, 0.4) is 0 Å². The van der Waals surface area contributed by atoms with E-state index in [2.05, 4.69) is 7.05 Å². The molecule has 0 fully saturated rings. The highest BCUT2D eigenvalue weighted by Gasteiger charge is 2.38. The summed E-state index contributed by atoms with van der Waals surface area (Å²) in [5.41, 5.74) is 13.4. The van der Waals surface area contributed by atoms with Crippen LogP contribution in [-0.2, 0) is 40.2 Å². The Morgan fingerprint density at radius 3 is 2.22 bits per heavy atom. The standard InChI is InChI=1S/C22H26ClN3O3S.C2HF3O2/c1-26(9-2-3-20(24)28)10-8-17-19(13-26)30-18(21(17)22(25)29)12-16(27)11-14-4-6-15(23)7-5-14;3-2(4,5)1(6)7/h4-7H,2-3,8-13H2,1H3,(H3-,24,25,28,29);(H,6,7)/p+1. The van der Waals surface area contributed by atoms with Gasteiger partial charge in [0.1, 0.15) is 12.3 Å². The predicted octanol–water partition coefficient (Wildman–Crippen LogP) is 3.26. The third kappa shape index (κ3) is 9.13. The molecule has 8 nitrogen and oxygen atoms in total. The van der Waals surface area contributed by atoms with Gasteiger partial charge in [-0.2, -0.15) is 13.2 Å². The van der Waals surface area contributed by atoms with E-state index in [1.807, 2.05) is 12.1 Å². The lowest BCUT2D eigenvalue weighted by Crippen LogP contribution is -2.48. The lowest BCUT2D eigenvalue weighted by Gasteiger charge is -2.37. The van der Waals surface area contributed by atoms with Gasteiger partial charge < -0.3 is 21.1 Å². The number of aliphatic carboxylic acids is 1. The van der Waals surface area contributed by atoms with Crippen LogP contribution in [0, 0.1) is 0 Å². The summed E-state index contributed by atoms with van der Waals surface area (Å²) >= 11 is 7.43. The predicted molar refractivity (Wildman–Crippen MR) is 132 cm³/mol. The Bertz CT molecular complexity index is 1170. The number of quaternary nitrogens is 1. The average molecular weight is 563 g/mol. The fourth-order valence-electron chi connectivity index (χ4n) is 4.08. The van der Waals surface area contributed by atoms with Crippen LogP contribution in [0.15, 0.2) is 24.3 Å². The largest absolute Gasteiger partial charge is 0.490 e. The smallest absolute Gasteiger partial charge is 0.475 e. The molecule has 0 radical (unpaired) electrons. The summed E-state index contributed by atoms with van der Waals surface area (Å²) in [7, 11) is 2.15. The minimum absolute atomic E-state index is 0.0390. The highest BCUT2D eigenvalue weighted by atomic mass is 35.5. The van der Waals surface area contributed by atoms with Gasteiger partial charge in [-0.3, -0.25) is 14.4 Å². The number of ketones is 1. The Balaban J connectivity index is 0.000000604. The number of nitrogens with two attached hydrogens (primary N) is 2. The number of carboxylic acids is 1. The molecule has 0 bridgehead atoms. The Kier molecular flexibility index (Phi) is 10.2. The number of nitrogens with zero attached hydrogens (tertiary/aromatic N) is 1. The monoisotopic (exact) mass is 562 g/mol. The van der Waals surface area contributed by atoms with Crippen molar-refractivity contribution in [3.05, 3.63) is 55.7 Å². The maximum Gasteiger partial charge on any atom is 0.490 e. The quantitative estimate of drug-likeness (QED) is 0.402. The number of halogens is 4. The van der Waals surface area contributed by atoms with E-state index >= 15 is 0 Å². The molecule has 1 atom stereocenters. The number of hydrogen-bond acceptors (Lipinski definition) is 5. The maximum atomic E-state index is 12.7. The molecule has 202 valence electrons. The summed E-state index contributed by atoms with van der Waals surface area (Å²) in [6.07, 6.45) is -2.74. The van der Waals surface area contributed by atoms with Gasteiger partial charge in [-0.15, -0.1) is 11.3 Å². The molecule has 0 spiro atoms. The van der Waals surface area contributed by atoms with Gasteiger partial charge in [0.05, 0.1) is 30.6 Å². The number of fused-ring (bicyclic) bond motifs is 1. The number of rotatable bonds is 9. The highest BCUT2D eigenvalue weighted by Crippen LogP contribution is 2.36. The second kappa shape index (κ2) is 12.5. The molecular formula is C24H28ClF3N3O5S+. The maximum absolute atomic E-state index is 12.7. The van der Waals surface area contributed by atoms with E-state index in [4.69, 9.17) is 33.0 Å². The third-order valence-corrected chi connectivity index (χ3v) is 7.34. The van der Waals surface area contributed by atoms with Gasteiger partial charge in [0.2, 0.25) is 11.8 Å². The Morgan fingerprint density at radius 2 is 1.70 bits per heavy atom. The molecule has 1 aliphatic heterocycles. The Morgan fingerprint density at radius 1 is 1.11 bits per heavy atom. The number of likely N-dealkylation sites (N-methyl/N-ethyl adjacent to an activating group) is 1. The van der Waals surface area contributed by atoms with Gasteiger partial charge >= 0.3 is 12.1 Å². The number of carbonyl (C=O) groups excluding carboxylic acids is 3. The van der Waals surface area contributed by atoms with Crippen molar-refractivity contribution in [3.8, 4) is 0 Å². The molecule has 1 unspecified atom stereocenters. The second-order valence-electron chi connectivity index (χ2n) is 9.03. The van der Waals surface area contributed by atoms with E-state index in [0.29, 0.717) is 23.4 Å². The molecule has 2 aromatic rings. The lowest BCUT2D eigenvalue weighted by atomic mass is 9.97. The van der Waals surface area contributed by atoms with Crippen molar-refractivity contribution in [1.82, 2.24) is 0 Å². The number of carboxylic acid groups (broad SMARTS) is 1. The first-order chi connectivity index (χ1) is 17.1. The fourth-order valence-corrected chi connectivity index (χ4v) is 5.76. The summed E-state index contributed by atoms with van der Waals surface area (Å²) in [4.78, 5) is 46.7. The minimum Gasteiger partial charge on any atom is -0.475 e. The summed E-state index contributed by atoms with van der Waals surface area (Å²) in [6, 6.07) is 7.20. The van der Waals surface area contributed by atoms with Gasteiger partial charge in [-0.05, 0) is 23.3 Å².